The van der Waals surface area contributed by atoms with E-state index >= 15 is 0 Å². The second-order valence-electron chi connectivity index (χ2n) is 7.41. The van der Waals surface area contributed by atoms with Gasteiger partial charge in [-0.25, -0.2) is 9.59 Å². The van der Waals surface area contributed by atoms with Gasteiger partial charge in [-0.2, -0.15) is 4.98 Å². The highest BCUT2D eigenvalue weighted by molar-refractivity contribution is 5.92. The minimum atomic E-state index is -0.388. The predicted molar refractivity (Wildman–Crippen MR) is 115 cm³/mol. The van der Waals surface area contributed by atoms with Crippen molar-refractivity contribution in [2.45, 2.75) is 32.7 Å². The van der Waals surface area contributed by atoms with Crippen molar-refractivity contribution in [3.63, 3.8) is 0 Å². The Kier molecular flexibility index (Phi) is 5.97. The fraction of sp³-hybridized carbons (Fsp3) is 0.304. The zero-order chi connectivity index (χ0) is 21.8. The van der Waals surface area contributed by atoms with Gasteiger partial charge in [0.1, 0.15) is 6.04 Å². The number of hydrogen-bond acceptors (Lipinski definition) is 6. The van der Waals surface area contributed by atoms with Crippen molar-refractivity contribution in [2.24, 2.45) is 0 Å². The molecule has 2 aromatic carbocycles. The molecule has 4 rings (SSSR count). The highest BCUT2D eigenvalue weighted by Crippen LogP contribution is 2.32. The van der Waals surface area contributed by atoms with Crippen molar-refractivity contribution in [1.29, 1.82) is 0 Å². The number of nitrogens with zero attached hydrogens (tertiary/aromatic N) is 3. The molecule has 160 valence electrons. The molecule has 3 aromatic rings. The predicted octanol–water partition coefficient (Wildman–Crippen LogP) is 4.59. The van der Waals surface area contributed by atoms with Gasteiger partial charge in [0.25, 0.3) is 0 Å². The van der Waals surface area contributed by atoms with E-state index in [9.17, 15) is 9.59 Å². The van der Waals surface area contributed by atoms with Crippen molar-refractivity contribution in [1.82, 2.24) is 15.0 Å². The van der Waals surface area contributed by atoms with Crippen LogP contribution in [0.25, 0.3) is 11.4 Å². The minimum absolute atomic E-state index is 0.248. The molecule has 1 aromatic heterocycles. The van der Waals surface area contributed by atoms with Crippen LogP contribution in [0.3, 0.4) is 0 Å². The Balaban J connectivity index is 1.45. The van der Waals surface area contributed by atoms with Gasteiger partial charge in [0.15, 0.2) is 0 Å². The van der Waals surface area contributed by atoms with Gasteiger partial charge in [-0.3, -0.25) is 0 Å². The normalized spacial score (nSPS) is 15.7. The molecular formula is C23H24N4O4. The minimum Gasteiger partial charge on any atom is -0.462 e. The maximum atomic E-state index is 12.9. The second-order valence-corrected chi connectivity index (χ2v) is 7.41. The quantitative estimate of drug-likeness (QED) is 0.606. The number of hydrogen-bond donors (Lipinski definition) is 1. The van der Waals surface area contributed by atoms with Crippen molar-refractivity contribution < 1.29 is 18.8 Å². The fourth-order valence-corrected chi connectivity index (χ4v) is 3.64. The number of carbonyl (C=O) groups is 2. The van der Waals surface area contributed by atoms with E-state index in [1.165, 1.54) is 0 Å². The van der Waals surface area contributed by atoms with Gasteiger partial charge < -0.3 is 19.5 Å². The molecule has 0 radical (unpaired) electrons. The Morgan fingerprint density at radius 1 is 1.23 bits per heavy atom. The first-order valence-electron chi connectivity index (χ1n) is 10.3. The maximum absolute atomic E-state index is 12.9. The molecule has 2 amide bonds. The summed E-state index contributed by atoms with van der Waals surface area (Å²) in [6.07, 6.45) is 1.60. The van der Waals surface area contributed by atoms with Crippen LogP contribution in [0.5, 0.6) is 0 Å². The molecule has 1 saturated heterocycles. The zero-order valence-corrected chi connectivity index (χ0v) is 17.5. The summed E-state index contributed by atoms with van der Waals surface area (Å²) in [4.78, 5) is 30.9. The summed E-state index contributed by atoms with van der Waals surface area (Å²) in [6.45, 7) is 4.67. The summed E-state index contributed by atoms with van der Waals surface area (Å²) in [6, 6.07) is 14.0. The Labute approximate surface area is 180 Å². The summed E-state index contributed by atoms with van der Waals surface area (Å²) in [5, 5.41) is 6.98. The summed E-state index contributed by atoms with van der Waals surface area (Å²) in [5.41, 5.74) is 3.02. The van der Waals surface area contributed by atoms with Gasteiger partial charge in [0.05, 0.1) is 12.2 Å². The summed E-state index contributed by atoms with van der Waals surface area (Å²) >= 11 is 0. The number of rotatable bonds is 5. The average molecular weight is 420 g/mol. The fourth-order valence-electron chi connectivity index (χ4n) is 3.64. The topological polar surface area (TPSA) is 97.6 Å². The molecule has 1 aliphatic rings. The molecule has 0 saturated carbocycles. The molecule has 31 heavy (non-hydrogen) atoms. The van der Waals surface area contributed by atoms with Crippen molar-refractivity contribution >= 4 is 17.7 Å². The van der Waals surface area contributed by atoms with E-state index in [1.807, 2.05) is 31.2 Å². The zero-order valence-electron chi connectivity index (χ0n) is 17.5. The van der Waals surface area contributed by atoms with E-state index in [1.54, 1.807) is 36.1 Å². The molecule has 0 aliphatic carbocycles. The molecule has 0 bridgehead atoms. The number of urea groups is 1. The number of ether oxygens (including phenoxy) is 1. The molecular weight excluding hydrogens is 396 g/mol. The lowest BCUT2D eigenvalue weighted by molar-refractivity contribution is 0.0526. The van der Waals surface area contributed by atoms with E-state index in [4.69, 9.17) is 9.26 Å². The Bertz CT molecular complexity index is 1080. The highest BCUT2D eigenvalue weighted by Gasteiger charge is 2.34. The first kappa shape index (κ1) is 20.6. The van der Waals surface area contributed by atoms with Crippen LogP contribution in [0.2, 0.25) is 0 Å². The van der Waals surface area contributed by atoms with Crippen LogP contribution in [0.15, 0.2) is 53.1 Å². The second kappa shape index (κ2) is 8.99. The number of benzene rings is 2. The lowest BCUT2D eigenvalue weighted by Crippen LogP contribution is -2.34. The monoisotopic (exact) mass is 420 g/mol. The van der Waals surface area contributed by atoms with E-state index in [0.29, 0.717) is 36.1 Å². The van der Waals surface area contributed by atoms with Crippen molar-refractivity contribution in [3.05, 3.63) is 65.5 Å². The average Bonchev–Trinajstić information content (AvgIpc) is 3.44. The molecule has 0 spiro atoms. The summed E-state index contributed by atoms with van der Waals surface area (Å²) in [7, 11) is 0. The number of aryl methyl sites for hydroxylation is 1. The van der Waals surface area contributed by atoms with Crippen LogP contribution >= 0.6 is 0 Å². The standard InChI is InChI=1S/C23H24N4O4/c1-3-30-22(28)16-9-11-18(12-10-16)24-23(29)27-13-5-8-19(27)21-25-20(26-31-21)17-7-4-6-15(2)14-17/h4,6-7,9-12,14,19H,3,5,8,13H2,1-2H3,(H,24,29)/t19-/m0/s1. The maximum Gasteiger partial charge on any atom is 0.338 e. The molecule has 8 heteroatoms. The number of likely N-dealkylation sites (tertiary alicyclic amines) is 1. The van der Waals surface area contributed by atoms with Gasteiger partial charge in [-0.1, -0.05) is 28.9 Å². The first-order valence-corrected chi connectivity index (χ1v) is 10.3. The number of carbonyl (C=O) groups excluding carboxylic acids is 2. The number of esters is 1. The molecule has 1 atom stereocenters. The lowest BCUT2D eigenvalue weighted by Gasteiger charge is -2.22. The smallest absolute Gasteiger partial charge is 0.338 e. The highest BCUT2D eigenvalue weighted by atomic mass is 16.5. The number of aromatic nitrogens is 2. The van der Waals surface area contributed by atoms with E-state index in [2.05, 4.69) is 15.5 Å². The molecule has 1 N–H and O–H groups in total. The lowest BCUT2D eigenvalue weighted by atomic mass is 10.1. The summed E-state index contributed by atoms with van der Waals surface area (Å²) < 4.78 is 10.5. The van der Waals surface area contributed by atoms with E-state index in [-0.39, 0.29) is 18.0 Å². The Morgan fingerprint density at radius 3 is 2.77 bits per heavy atom. The third-order valence-electron chi connectivity index (χ3n) is 5.16. The SMILES string of the molecule is CCOC(=O)c1ccc(NC(=O)N2CCC[C@H]2c2nc(-c3cccc(C)c3)no2)cc1. The molecule has 1 fully saturated rings. The Morgan fingerprint density at radius 2 is 2.03 bits per heavy atom. The first-order chi connectivity index (χ1) is 15.0. The number of nitrogens with one attached hydrogen (secondary N) is 1. The van der Waals surface area contributed by atoms with Crippen LogP contribution in [-0.2, 0) is 4.74 Å². The van der Waals surface area contributed by atoms with Crippen LogP contribution in [0.4, 0.5) is 10.5 Å². The molecule has 1 aliphatic heterocycles. The van der Waals surface area contributed by atoms with Gasteiger partial charge in [-0.15, -0.1) is 0 Å². The molecule has 8 nitrogen and oxygen atoms in total. The van der Waals surface area contributed by atoms with Gasteiger partial charge >= 0.3 is 12.0 Å². The number of anilines is 1. The third-order valence-corrected chi connectivity index (χ3v) is 5.16. The Hall–Kier alpha value is -3.68. The van der Waals surface area contributed by atoms with E-state index in [0.717, 1.165) is 24.0 Å². The van der Waals surface area contributed by atoms with Crippen LogP contribution < -0.4 is 5.32 Å². The van der Waals surface area contributed by atoms with Gasteiger partial charge in [0.2, 0.25) is 11.7 Å². The van der Waals surface area contributed by atoms with Crippen LogP contribution in [-0.4, -0.2) is 40.2 Å². The van der Waals surface area contributed by atoms with Crippen molar-refractivity contribution in [3.8, 4) is 11.4 Å². The van der Waals surface area contributed by atoms with Crippen LogP contribution in [0, 0.1) is 6.92 Å². The summed E-state index contributed by atoms with van der Waals surface area (Å²) in [5.74, 6) is 0.558. The van der Waals surface area contributed by atoms with Crippen LogP contribution in [0.1, 0.15) is 47.6 Å². The molecule has 2 heterocycles. The number of amides is 2. The van der Waals surface area contributed by atoms with E-state index < -0.39 is 0 Å². The van der Waals surface area contributed by atoms with Gasteiger partial charge in [-0.05, 0) is 57.0 Å². The molecule has 0 unspecified atom stereocenters. The van der Waals surface area contributed by atoms with Gasteiger partial charge in [0, 0.05) is 17.8 Å². The third kappa shape index (κ3) is 4.58. The van der Waals surface area contributed by atoms with Crippen molar-refractivity contribution in [2.75, 3.05) is 18.5 Å². The largest absolute Gasteiger partial charge is 0.462 e.